The number of hydrogen-bond donors (Lipinski definition) is 1. The average Bonchev–Trinajstić information content (AvgIpc) is 2.54. The van der Waals surface area contributed by atoms with Gasteiger partial charge in [-0.3, -0.25) is 0 Å². The quantitative estimate of drug-likeness (QED) is 0.577. The van der Waals surface area contributed by atoms with Crippen molar-refractivity contribution < 1.29 is 4.39 Å². The number of nitrogens with one attached hydrogen (secondary N) is 1. The average molecular weight is 340 g/mol. The number of halogens is 2. The summed E-state index contributed by atoms with van der Waals surface area (Å²) in [4.78, 5) is 0. The van der Waals surface area contributed by atoms with E-state index in [1.807, 2.05) is 37.3 Å². The van der Waals surface area contributed by atoms with Crippen molar-refractivity contribution in [2.45, 2.75) is 20.3 Å². The molecule has 0 unspecified atom stereocenters. The van der Waals surface area contributed by atoms with Crippen molar-refractivity contribution in [1.29, 1.82) is 0 Å². The highest BCUT2D eigenvalue weighted by atomic mass is 35.5. The predicted molar refractivity (Wildman–Crippen MR) is 99.9 cm³/mol. The summed E-state index contributed by atoms with van der Waals surface area (Å²) in [5, 5.41) is 4.02. The SMILES string of the molecule is Cc1ccccc1Cc1ccc(Nc2ccc(F)cc2C)cc1Cl. The van der Waals surface area contributed by atoms with Crippen molar-refractivity contribution in [3.63, 3.8) is 0 Å². The van der Waals surface area contributed by atoms with E-state index in [0.29, 0.717) is 0 Å². The highest BCUT2D eigenvalue weighted by Gasteiger charge is 2.06. The number of benzene rings is 3. The van der Waals surface area contributed by atoms with Crippen LogP contribution in [0.5, 0.6) is 0 Å². The summed E-state index contributed by atoms with van der Waals surface area (Å²) in [7, 11) is 0. The van der Waals surface area contributed by atoms with Crippen LogP contribution in [0.3, 0.4) is 0 Å². The Morgan fingerprint density at radius 3 is 2.38 bits per heavy atom. The molecule has 0 aromatic heterocycles. The first kappa shape index (κ1) is 16.5. The molecule has 0 spiro atoms. The summed E-state index contributed by atoms with van der Waals surface area (Å²) in [6, 6.07) is 19.0. The van der Waals surface area contributed by atoms with E-state index in [0.717, 1.165) is 33.9 Å². The van der Waals surface area contributed by atoms with Crippen molar-refractivity contribution in [3.05, 3.63) is 93.8 Å². The second-order valence-electron chi connectivity index (χ2n) is 5.99. The van der Waals surface area contributed by atoms with Crippen molar-refractivity contribution in [1.82, 2.24) is 0 Å². The van der Waals surface area contributed by atoms with E-state index in [1.165, 1.54) is 23.3 Å². The maximum atomic E-state index is 13.2. The molecular weight excluding hydrogens is 321 g/mol. The van der Waals surface area contributed by atoms with Crippen molar-refractivity contribution in [2.24, 2.45) is 0 Å². The minimum absolute atomic E-state index is 0.232. The maximum absolute atomic E-state index is 13.2. The molecule has 0 saturated heterocycles. The first-order valence-electron chi connectivity index (χ1n) is 7.89. The van der Waals surface area contributed by atoms with Crippen molar-refractivity contribution >= 4 is 23.0 Å². The molecule has 0 bridgehead atoms. The Bertz CT molecular complexity index is 873. The van der Waals surface area contributed by atoms with Crippen LogP contribution in [0.25, 0.3) is 0 Å². The molecule has 0 aliphatic rings. The topological polar surface area (TPSA) is 12.0 Å². The van der Waals surface area contributed by atoms with E-state index < -0.39 is 0 Å². The Balaban J connectivity index is 1.81. The zero-order valence-corrected chi connectivity index (χ0v) is 14.5. The third-order valence-electron chi connectivity index (χ3n) is 4.16. The van der Waals surface area contributed by atoms with Crippen LogP contribution in [0.1, 0.15) is 22.3 Å². The van der Waals surface area contributed by atoms with E-state index in [2.05, 4.69) is 24.4 Å². The Morgan fingerprint density at radius 2 is 1.67 bits per heavy atom. The molecule has 0 aliphatic carbocycles. The monoisotopic (exact) mass is 339 g/mol. The summed E-state index contributed by atoms with van der Waals surface area (Å²) in [6.45, 7) is 3.98. The second kappa shape index (κ2) is 7.06. The van der Waals surface area contributed by atoms with Gasteiger partial charge in [0.2, 0.25) is 0 Å². The Hall–Kier alpha value is -2.32. The van der Waals surface area contributed by atoms with Crippen LogP contribution in [-0.4, -0.2) is 0 Å². The number of anilines is 2. The maximum Gasteiger partial charge on any atom is 0.123 e. The van der Waals surface area contributed by atoms with Crippen LogP contribution in [0.15, 0.2) is 60.7 Å². The van der Waals surface area contributed by atoms with Crippen LogP contribution in [0, 0.1) is 19.7 Å². The normalized spacial score (nSPS) is 10.7. The Kier molecular flexibility index (Phi) is 4.86. The molecule has 0 saturated carbocycles. The molecule has 122 valence electrons. The summed E-state index contributed by atoms with van der Waals surface area (Å²) in [6.07, 6.45) is 0.807. The fourth-order valence-corrected chi connectivity index (χ4v) is 2.95. The van der Waals surface area contributed by atoms with E-state index in [4.69, 9.17) is 11.6 Å². The lowest BCUT2D eigenvalue weighted by Crippen LogP contribution is -1.96. The molecule has 0 radical (unpaired) electrons. The molecule has 0 heterocycles. The van der Waals surface area contributed by atoms with Gasteiger partial charge in [-0.15, -0.1) is 0 Å². The largest absolute Gasteiger partial charge is 0.355 e. The third-order valence-corrected chi connectivity index (χ3v) is 4.51. The van der Waals surface area contributed by atoms with Gasteiger partial charge in [-0.2, -0.15) is 0 Å². The molecule has 24 heavy (non-hydrogen) atoms. The summed E-state index contributed by atoms with van der Waals surface area (Å²) in [5.74, 6) is -0.232. The standard InChI is InChI=1S/C21H19ClFN/c1-14-5-3-4-6-16(14)12-17-7-9-19(13-20(17)22)24-21-10-8-18(23)11-15(21)2/h3-11,13,24H,12H2,1-2H3. The Labute approximate surface area is 147 Å². The molecular formula is C21H19ClFN. The van der Waals surface area contributed by atoms with E-state index in [1.54, 1.807) is 6.07 Å². The summed E-state index contributed by atoms with van der Waals surface area (Å²) >= 11 is 6.46. The van der Waals surface area contributed by atoms with Crippen LogP contribution in [-0.2, 0) is 6.42 Å². The molecule has 1 N–H and O–H groups in total. The zero-order chi connectivity index (χ0) is 17.1. The summed E-state index contributed by atoms with van der Waals surface area (Å²) in [5.41, 5.74) is 6.25. The van der Waals surface area contributed by atoms with E-state index >= 15 is 0 Å². The van der Waals surface area contributed by atoms with Gasteiger partial charge in [-0.05, 0) is 72.9 Å². The second-order valence-corrected chi connectivity index (χ2v) is 6.40. The molecule has 0 amide bonds. The van der Waals surface area contributed by atoms with Gasteiger partial charge in [-0.1, -0.05) is 41.9 Å². The number of aryl methyl sites for hydroxylation is 2. The van der Waals surface area contributed by atoms with Gasteiger partial charge in [0.05, 0.1) is 0 Å². The number of hydrogen-bond acceptors (Lipinski definition) is 1. The predicted octanol–water partition coefficient (Wildman–Crippen LogP) is 6.43. The van der Waals surface area contributed by atoms with Gasteiger partial charge in [0.25, 0.3) is 0 Å². The fraction of sp³-hybridized carbons (Fsp3) is 0.143. The Morgan fingerprint density at radius 1 is 0.875 bits per heavy atom. The highest BCUT2D eigenvalue weighted by Crippen LogP contribution is 2.27. The van der Waals surface area contributed by atoms with Crippen LogP contribution in [0.4, 0.5) is 15.8 Å². The van der Waals surface area contributed by atoms with Gasteiger partial charge in [0, 0.05) is 16.4 Å². The first-order valence-corrected chi connectivity index (χ1v) is 8.27. The fourth-order valence-electron chi connectivity index (χ4n) is 2.70. The summed E-state index contributed by atoms with van der Waals surface area (Å²) < 4.78 is 13.2. The molecule has 3 rings (SSSR count). The molecule has 1 nitrogen and oxygen atoms in total. The lowest BCUT2D eigenvalue weighted by Gasteiger charge is -2.12. The van der Waals surface area contributed by atoms with Gasteiger partial charge < -0.3 is 5.32 Å². The number of rotatable bonds is 4. The van der Waals surface area contributed by atoms with Crippen molar-refractivity contribution in [2.75, 3.05) is 5.32 Å². The molecule has 0 atom stereocenters. The molecule has 3 heteroatoms. The van der Waals surface area contributed by atoms with Gasteiger partial charge in [-0.25, -0.2) is 4.39 Å². The third kappa shape index (κ3) is 3.77. The van der Waals surface area contributed by atoms with Gasteiger partial charge >= 0.3 is 0 Å². The minimum atomic E-state index is -0.232. The minimum Gasteiger partial charge on any atom is -0.355 e. The smallest absolute Gasteiger partial charge is 0.123 e. The van der Waals surface area contributed by atoms with Crippen LogP contribution < -0.4 is 5.32 Å². The first-order chi connectivity index (χ1) is 11.5. The molecule has 0 fully saturated rings. The lowest BCUT2D eigenvalue weighted by atomic mass is 10.0. The van der Waals surface area contributed by atoms with Crippen molar-refractivity contribution in [3.8, 4) is 0 Å². The highest BCUT2D eigenvalue weighted by molar-refractivity contribution is 6.31. The zero-order valence-electron chi connectivity index (χ0n) is 13.7. The van der Waals surface area contributed by atoms with Crippen LogP contribution >= 0.6 is 11.6 Å². The van der Waals surface area contributed by atoms with Gasteiger partial charge in [0.15, 0.2) is 0 Å². The van der Waals surface area contributed by atoms with E-state index in [9.17, 15) is 4.39 Å². The lowest BCUT2D eigenvalue weighted by molar-refractivity contribution is 0.627. The van der Waals surface area contributed by atoms with E-state index in [-0.39, 0.29) is 5.82 Å². The van der Waals surface area contributed by atoms with Gasteiger partial charge in [0.1, 0.15) is 5.82 Å². The molecule has 3 aromatic rings. The molecule has 3 aromatic carbocycles. The van der Waals surface area contributed by atoms with Crippen LogP contribution in [0.2, 0.25) is 5.02 Å². The molecule has 0 aliphatic heterocycles.